The monoisotopic (exact) mass is 364 g/mol. The maximum absolute atomic E-state index is 13.0. The molecule has 1 spiro atoms. The summed E-state index contributed by atoms with van der Waals surface area (Å²) < 4.78 is 11.7. The number of ketones is 1. The van der Waals surface area contributed by atoms with E-state index in [2.05, 4.69) is 15.9 Å². The molecule has 1 aliphatic heterocycles. The van der Waals surface area contributed by atoms with Crippen LogP contribution < -0.4 is 4.74 Å². The second-order valence-electron chi connectivity index (χ2n) is 6.35. The van der Waals surface area contributed by atoms with E-state index in [4.69, 9.17) is 9.47 Å². The number of aliphatic hydroxyl groups is 1. The van der Waals surface area contributed by atoms with Crippen LogP contribution in [0.2, 0.25) is 0 Å². The van der Waals surface area contributed by atoms with Crippen molar-refractivity contribution in [1.82, 2.24) is 0 Å². The lowest BCUT2D eigenvalue weighted by Gasteiger charge is -2.50. The van der Waals surface area contributed by atoms with Crippen LogP contribution in [0.15, 0.2) is 34.8 Å². The maximum Gasteiger partial charge on any atom is 0.180 e. The molecule has 1 saturated heterocycles. The fourth-order valence-electron chi connectivity index (χ4n) is 4.10. The van der Waals surface area contributed by atoms with Gasteiger partial charge in [-0.2, -0.15) is 0 Å². The Morgan fingerprint density at radius 2 is 2.05 bits per heavy atom. The van der Waals surface area contributed by atoms with Gasteiger partial charge in [0.15, 0.2) is 11.4 Å². The van der Waals surface area contributed by atoms with Crippen LogP contribution in [-0.4, -0.2) is 36.8 Å². The standard InChI is InChI=1S/C17H17BrO4/c1-21-11-4-2-10(3-5-11)12-6-13-14(18)7-16(12,8-19)15(20)17(13)9-22-17/h2-5,7,12-13,19H,6,8-9H2,1H3/t12-,13+,16+,17+/m1/s1. The Bertz CT molecular complexity index is 662. The smallest absolute Gasteiger partial charge is 0.180 e. The zero-order chi connectivity index (χ0) is 15.5. The topological polar surface area (TPSA) is 59.1 Å². The summed E-state index contributed by atoms with van der Waals surface area (Å²) in [6, 6.07) is 7.76. The minimum atomic E-state index is -0.890. The van der Waals surface area contributed by atoms with Crippen molar-refractivity contribution in [2.45, 2.75) is 17.9 Å². The van der Waals surface area contributed by atoms with Crippen LogP contribution in [0.3, 0.4) is 0 Å². The number of halogens is 1. The average molecular weight is 365 g/mol. The molecule has 0 unspecified atom stereocenters. The van der Waals surface area contributed by atoms with E-state index in [0.29, 0.717) is 6.61 Å². The Balaban J connectivity index is 1.80. The van der Waals surface area contributed by atoms with E-state index in [1.165, 1.54) is 0 Å². The number of epoxide rings is 1. The van der Waals surface area contributed by atoms with E-state index in [0.717, 1.165) is 22.2 Å². The van der Waals surface area contributed by atoms with Crippen LogP contribution >= 0.6 is 15.9 Å². The molecule has 1 N–H and O–H groups in total. The minimum absolute atomic E-state index is 0.0303. The number of rotatable bonds is 3. The molecule has 0 radical (unpaired) electrons. The first kappa shape index (κ1) is 14.4. The number of fused-ring (bicyclic) bond motifs is 1. The predicted molar refractivity (Wildman–Crippen MR) is 84.1 cm³/mol. The summed E-state index contributed by atoms with van der Waals surface area (Å²) in [5.74, 6) is 0.841. The van der Waals surface area contributed by atoms with Gasteiger partial charge >= 0.3 is 0 Å². The second-order valence-corrected chi connectivity index (χ2v) is 7.26. The minimum Gasteiger partial charge on any atom is -0.497 e. The third-order valence-electron chi connectivity index (χ3n) is 5.43. The molecule has 1 aromatic rings. The molecule has 3 aliphatic carbocycles. The molecular formula is C17H17BrO4. The molecule has 5 heteroatoms. The van der Waals surface area contributed by atoms with Crippen molar-refractivity contribution in [2.75, 3.05) is 20.3 Å². The third-order valence-corrected chi connectivity index (χ3v) is 6.21. The van der Waals surface area contributed by atoms with Gasteiger partial charge in [0.2, 0.25) is 0 Å². The van der Waals surface area contributed by atoms with Crippen LogP contribution in [0.25, 0.3) is 0 Å². The van der Waals surface area contributed by atoms with Gasteiger partial charge in [0.1, 0.15) is 5.75 Å². The van der Waals surface area contributed by atoms with Gasteiger partial charge in [0.05, 0.1) is 25.7 Å². The van der Waals surface area contributed by atoms with E-state index < -0.39 is 11.0 Å². The summed E-state index contributed by atoms with van der Waals surface area (Å²) in [6.07, 6.45) is 2.71. The van der Waals surface area contributed by atoms with Crippen LogP contribution in [0.1, 0.15) is 17.9 Å². The highest BCUT2D eigenvalue weighted by molar-refractivity contribution is 9.11. The molecule has 0 aromatic heterocycles. The number of hydrogen-bond donors (Lipinski definition) is 1. The van der Waals surface area contributed by atoms with Crippen molar-refractivity contribution in [3.63, 3.8) is 0 Å². The zero-order valence-corrected chi connectivity index (χ0v) is 13.8. The van der Waals surface area contributed by atoms with Gasteiger partial charge in [-0.1, -0.05) is 34.1 Å². The second kappa shape index (κ2) is 4.66. The predicted octanol–water partition coefficient (Wildman–Crippen LogP) is 2.41. The fourth-order valence-corrected chi connectivity index (χ4v) is 5.07. The van der Waals surface area contributed by atoms with E-state index >= 15 is 0 Å². The van der Waals surface area contributed by atoms with Gasteiger partial charge in [-0.05, 0) is 28.6 Å². The van der Waals surface area contributed by atoms with Gasteiger partial charge in [-0.25, -0.2) is 0 Å². The quantitative estimate of drug-likeness (QED) is 0.836. The van der Waals surface area contributed by atoms with Crippen LogP contribution in [0, 0.1) is 11.3 Å². The summed E-state index contributed by atoms with van der Waals surface area (Å²) in [6.45, 7) is 0.270. The Morgan fingerprint density at radius 3 is 2.59 bits per heavy atom. The van der Waals surface area contributed by atoms with Gasteiger partial charge in [-0.15, -0.1) is 0 Å². The lowest BCUT2D eigenvalue weighted by atomic mass is 9.53. The third kappa shape index (κ3) is 1.67. The van der Waals surface area contributed by atoms with Crippen LogP contribution in [0.4, 0.5) is 0 Å². The highest BCUT2D eigenvalue weighted by Crippen LogP contribution is 2.63. The van der Waals surface area contributed by atoms with Gasteiger partial charge in [0.25, 0.3) is 0 Å². The largest absolute Gasteiger partial charge is 0.497 e. The number of hydrogen-bond acceptors (Lipinski definition) is 4. The number of carbonyl (C=O) groups is 1. The van der Waals surface area contributed by atoms with Gasteiger partial charge < -0.3 is 14.6 Å². The van der Waals surface area contributed by atoms with Crippen molar-refractivity contribution < 1.29 is 19.4 Å². The SMILES string of the molecule is COc1ccc([C@H]2C[C@H]3C(Br)=C[C@@]2(CO)C(=O)[C@]32CO2)cc1. The first-order valence-electron chi connectivity index (χ1n) is 7.39. The number of benzene rings is 1. The van der Waals surface area contributed by atoms with Crippen molar-refractivity contribution in [1.29, 1.82) is 0 Å². The van der Waals surface area contributed by atoms with Crippen LogP contribution in [0.5, 0.6) is 5.75 Å². The maximum atomic E-state index is 13.0. The zero-order valence-electron chi connectivity index (χ0n) is 12.2. The molecule has 4 atom stereocenters. The molecule has 2 fully saturated rings. The molecular weight excluding hydrogens is 348 g/mol. The average Bonchev–Trinajstić information content (AvgIpc) is 3.33. The molecule has 22 heavy (non-hydrogen) atoms. The van der Waals surface area contributed by atoms with Crippen molar-refractivity contribution >= 4 is 21.7 Å². The number of Topliss-reactive ketones (excluding diaryl/α,β-unsaturated/α-hetero) is 1. The summed E-state index contributed by atoms with van der Waals surface area (Å²) >= 11 is 3.59. The summed E-state index contributed by atoms with van der Waals surface area (Å²) in [7, 11) is 1.63. The number of aliphatic hydroxyl groups excluding tert-OH is 1. The number of methoxy groups -OCH3 is 1. The molecule has 5 rings (SSSR count). The molecule has 2 bridgehead atoms. The Kier molecular flexibility index (Phi) is 3.06. The Labute approximate surface area is 137 Å². The lowest BCUT2D eigenvalue weighted by molar-refractivity contribution is -0.142. The van der Waals surface area contributed by atoms with Gasteiger partial charge in [0, 0.05) is 11.8 Å². The Morgan fingerprint density at radius 1 is 1.36 bits per heavy atom. The highest BCUT2D eigenvalue weighted by Gasteiger charge is 2.71. The van der Waals surface area contributed by atoms with E-state index in [-0.39, 0.29) is 24.2 Å². The first-order chi connectivity index (χ1) is 10.6. The molecule has 0 amide bonds. The lowest BCUT2D eigenvalue weighted by Crippen LogP contribution is -2.58. The Hall–Kier alpha value is -1.17. The van der Waals surface area contributed by atoms with Gasteiger partial charge in [-0.3, -0.25) is 4.79 Å². The van der Waals surface area contributed by atoms with E-state index in [9.17, 15) is 9.90 Å². The van der Waals surface area contributed by atoms with E-state index in [1.807, 2.05) is 30.3 Å². The fraction of sp³-hybridized carbons (Fsp3) is 0.471. The normalized spacial score (nSPS) is 39.0. The molecule has 116 valence electrons. The molecule has 1 aromatic carbocycles. The summed E-state index contributed by atoms with van der Waals surface area (Å²) in [5.41, 5.74) is -0.530. The molecule has 1 saturated carbocycles. The molecule has 4 nitrogen and oxygen atoms in total. The van der Waals surface area contributed by atoms with E-state index in [1.54, 1.807) is 7.11 Å². The summed E-state index contributed by atoms with van der Waals surface area (Å²) in [4.78, 5) is 13.0. The highest BCUT2D eigenvalue weighted by atomic mass is 79.9. The van der Waals surface area contributed by atoms with Crippen molar-refractivity contribution in [3.8, 4) is 5.75 Å². The first-order valence-corrected chi connectivity index (χ1v) is 8.18. The summed E-state index contributed by atoms with van der Waals surface area (Å²) in [5, 5.41) is 10.1. The number of carbonyl (C=O) groups excluding carboxylic acids is 1. The van der Waals surface area contributed by atoms with Crippen LogP contribution in [-0.2, 0) is 9.53 Å². The molecule has 4 aliphatic rings. The molecule has 1 heterocycles. The van der Waals surface area contributed by atoms with Crippen molar-refractivity contribution in [2.24, 2.45) is 11.3 Å². The van der Waals surface area contributed by atoms with Crippen molar-refractivity contribution in [3.05, 3.63) is 40.4 Å². The number of ether oxygens (including phenoxy) is 2.